The number of hydrogen-bond acceptors (Lipinski definition) is 7. The summed E-state index contributed by atoms with van der Waals surface area (Å²) < 4.78 is 28.0. The number of aromatic nitrogens is 4. The van der Waals surface area contributed by atoms with Gasteiger partial charge in [-0.1, -0.05) is 12.1 Å². The van der Waals surface area contributed by atoms with E-state index in [4.69, 9.17) is 19.7 Å². The van der Waals surface area contributed by atoms with Crippen LogP contribution in [0.4, 0.5) is 10.2 Å². The fraction of sp³-hybridized carbons (Fsp3) is 0.400. The molecule has 2 aliphatic heterocycles. The number of imidazole rings is 1. The molecule has 40 heavy (non-hydrogen) atoms. The number of anilines is 1. The van der Waals surface area contributed by atoms with Crippen LogP contribution in [0.25, 0.3) is 11.2 Å². The molecule has 0 bridgehead atoms. The second kappa shape index (κ2) is 9.75. The summed E-state index contributed by atoms with van der Waals surface area (Å²) in [7, 11) is 0. The number of pyridine rings is 1. The van der Waals surface area contributed by atoms with Gasteiger partial charge in [-0.15, -0.1) is 0 Å². The van der Waals surface area contributed by atoms with Crippen LogP contribution in [0.3, 0.4) is 0 Å². The molecular weight excluding hydrogens is 511 g/mol. The minimum atomic E-state index is -0.461. The number of benzene rings is 1. The lowest BCUT2D eigenvalue weighted by atomic mass is 9.90. The number of carbonyl (C=O) groups excluding carboxylic acids is 1. The van der Waals surface area contributed by atoms with E-state index in [0.717, 1.165) is 81.0 Å². The smallest absolute Gasteiger partial charge is 0.215 e. The molecule has 2 unspecified atom stereocenters. The van der Waals surface area contributed by atoms with Gasteiger partial charge in [0, 0.05) is 37.2 Å². The number of aldehydes is 1. The number of piperidine rings is 1. The lowest BCUT2D eigenvalue weighted by Crippen LogP contribution is -2.36. The van der Waals surface area contributed by atoms with Gasteiger partial charge in [-0.3, -0.25) is 4.79 Å². The van der Waals surface area contributed by atoms with Crippen molar-refractivity contribution in [2.45, 2.75) is 50.9 Å². The Kier molecular flexibility index (Phi) is 6.04. The van der Waals surface area contributed by atoms with Crippen molar-refractivity contribution in [1.82, 2.24) is 19.5 Å². The lowest BCUT2D eigenvalue weighted by Gasteiger charge is -2.34. The minimum Gasteiger partial charge on any atom is -0.473 e. The molecule has 204 valence electrons. The number of nitrogens with one attached hydrogen (secondary N) is 1. The van der Waals surface area contributed by atoms with Crippen molar-refractivity contribution in [3.63, 3.8) is 0 Å². The number of H-pyrrole nitrogens is 1. The first-order valence-corrected chi connectivity index (χ1v) is 13.7. The third-order valence-electron chi connectivity index (χ3n) is 8.74. The topological polar surface area (TPSA) is 109 Å². The van der Waals surface area contributed by atoms with Gasteiger partial charge in [0.1, 0.15) is 35.2 Å². The summed E-state index contributed by atoms with van der Waals surface area (Å²) in [6.45, 7) is 3.37. The maximum atomic E-state index is 14.2. The van der Waals surface area contributed by atoms with Crippen LogP contribution >= 0.6 is 0 Å². The van der Waals surface area contributed by atoms with Gasteiger partial charge in [-0.05, 0) is 55.4 Å². The molecule has 3 aliphatic rings. The molecule has 1 aliphatic carbocycles. The van der Waals surface area contributed by atoms with Crippen molar-refractivity contribution in [1.29, 1.82) is 5.26 Å². The summed E-state index contributed by atoms with van der Waals surface area (Å²) in [5.74, 6) is 2.32. The molecule has 7 rings (SSSR count). The highest BCUT2D eigenvalue weighted by Gasteiger charge is 2.57. The summed E-state index contributed by atoms with van der Waals surface area (Å²) in [5, 5.41) is 8.93. The van der Waals surface area contributed by atoms with Crippen molar-refractivity contribution >= 4 is 23.3 Å². The van der Waals surface area contributed by atoms with Crippen molar-refractivity contribution in [2.75, 3.05) is 24.6 Å². The molecule has 2 saturated heterocycles. The lowest BCUT2D eigenvalue weighted by molar-refractivity contribution is -0.0591. The Morgan fingerprint density at radius 1 is 1.23 bits per heavy atom. The molecule has 2 atom stereocenters. The summed E-state index contributed by atoms with van der Waals surface area (Å²) >= 11 is 0. The summed E-state index contributed by atoms with van der Waals surface area (Å²) in [6, 6.07) is 13.8. The molecule has 1 N–H and O–H groups in total. The van der Waals surface area contributed by atoms with E-state index in [9.17, 15) is 9.18 Å². The van der Waals surface area contributed by atoms with Gasteiger partial charge in [0.15, 0.2) is 6.29 Å². The van der Waals surface area contributed by atoms with Crippen LogP contribution in [0.2, 0.25) is 0 Å². The highest BCUT2D eigenvalue weighted by Crippen LogP contribution is 2.65. The fourth-order valence-electron chi connectivity index (χ4n) is 6.18. The van der Waals surface area contributed by atoms with Crippen LogP contribution in [0.5, 0.6) is 5.88 Å². The molecule has 1 saturated carbocycles. The molecule has 10 heteroatoms. The fourth-order valence-corrected chi connectivity index (χ4v) is 6.18. The third kappa shape index (κ3) is 4.40. The first-order valence-electron chi connectivity index (χ1n) is 13.7. The Morgan fingerprint density at radius 3 is 2.80 bits per heavy atom. The van der Waals surface area contributed by atoms with Crippen molar-refractivity contribution in [3.8, 4) is 11.9 Å². The van der Waals surface area contributed by atoms with Crippen LogP contribution in [-0.4, -0.2) is 51.6 Å². The van der Waals surface area contributed by atoms with E-state index in [2.05, 4.69) is 19.4 Å². The first kappa shape index (κ1) is 24.8. The molecule has 4 aromatic rings. The van der Waals surface area contributed by atoms with E-state index in [1.54, 1.807) is 18.2 Å². The zero-order valence-corrected chi connectivity index (χ0v) is 22.0. The van der Waals surface area contributed by atoms with E-state index in [1.807, 2.05) is 24.3 Å². The number of fused-ring (bicyclic) bond motifs is 1. The Morgan fingerprint density at radius 2 is 2.08 bits per heavy atom. The minimum absolute atomic E-state index is 0.0414. The van der Waals surface area contributed by atoms with E-state index >= 15 is 0 Å². The standard InChI is InChI=1S/C30H29FN6O3/c31-24-12-19(15-32)4-5-20(24)18-40-27-3-1-2-26(35-27)36-9-7-30(8-10-36)14-23(30)28-34-25-13-21(17-38)33-29(25)37(28)16-22-6-11-39-22/h1-5,12-13,17,22-23,33H,6-11,14,16,18H2. The number of hydrogen-bond donors (Lipinski definition) is 1. The van der Waals surface area contributed by atoms with Gasteiger partial charge >= 0.3 is 0 Å². The molecule has 0 amide bonds. The van der Waals surface area contributed by atoms with E-state index in [-0.39, 0.29) is 23.7 Å². The Balaban J connectivity index is 1.02. The van der Waals surface area contributed by atoms with E-state index in [1.165, 1.54) is 6.07 Å². The normalized spacial score (nSPS) is 21.2. The second-order valence-corrected chi connectivity index (χ2v) is 11.1. The number of ether oxygens (including phenoxy) is 2. The second-order valence-electron chi connectivity index (χ2n) is 11.1. The summed E-state index contributed by atoms with van der Waals surface area (Å²) in [6.07, 6.45) is 5.27. The highest BCUT2D eigenvalue weighted by molar-refractivity contribution is 5.84. The third-order valence-corrected chi connectivity index (χ3v) is 8.74. The van der Waals surface area contributed by atoms with Crippen molar-refractivity contribution in [3.05, 3.63) is 70.9 Å². The van der Waals surface area contributed by atoms with Crippen LogP contribution in [0, 0.1) is 22.6 Å². The average Bonchev–Trinajstić information content (AvgIpc) is 3.31. The molecule has 5 heterocycles. The van der Waals surface area contributed by atoms with Gasteiger partial charge in [-0.2, -0.15) is 10.2 Å². The van der Waals surface area contributed by atoms with E-state index in [0.29, 0.717) is 23.1 Å². The SMILES string of the molecule is N#Cc1ccc(COc2cccc(N3CCC4(CC3)CC4c3nc4cc(C=O)[nH]c4n3CC3CCO3)n2)c(F)c1. The Labute approximate surface area is 230 Å². The largest absolute Gasteiger partial charge is 0.473 e. The van der Waals surface area contributed by atoms with Crippen LogP contribution in [0.15, 0.2) is 42.5 Å². The zero-order chi connectivity index (χ0) is 27.3. The number of aromatic amines is 1. The van der Waals surface area contributed by atoms with Gasteiger partial charge in [0.2, 0.25) is 5.88 Å². The number of nitriles is 1. The maximum Gasteiger partial charge on any atom is 0.215 e. The predicted molar refractivity (Wildman–Crippen MR) is 145 cm³/mol. The van der Waals surface area contributed by atoms with Gasteiger partial charge < -0.3 is 23.9 Å². The monoisotopic (exact) mass is 540 g/mol. The number of rotatable bonds is 8. The molecule has 1 spiro atoms. The molecule has 3 aromatic heterocycles. The van der Waals surface area contributed by atoms with Gasteiger partial charge in [-0.25, -0.2) is 9.37 Å². The maximum absolute atomic E-state index is 14.2. The van der Waals surface area contributed by atoms with E-state index < -0.39 is 5.82 Å². The predicted octanol–water partition coefficient (Wildman–Crippen LogP) is 4.72. The van der Waals surface area contributed by atoms with Gasteiger partial charge in [0.05, 0.1) is 30.0 Å². The molecule has 9 nitrogen and oxygen atoms in total. The Bertz CT molecular complexity index is 1630. The average molecular weight is 541 g/mol. The molecular formula is C30H29FN6O3. The van der Waals surface area contributed by atoms with Crippen molar-refractivity contribution < 1.29 is 18.7 Å². The number of nitrogens with zero attached hydrogens (tertiary/aromatic N) is 5. The summed E-state index contributed by atoms with van der Waals surface area (Å²) in [5.41, 5.74) is 3.20. The quantitative estimate of drug-likeness (QED) is 0.322. The molecule has 3 fully saturated rings. The van der Waals surface area contributed by atoms with Crippen molar-refractivity contribution in [2.24, 2.45) is 5.41 Å². The van der Waals surface area contributed by atoms with Crippen LogP contribution < -0.4 is 9.64 Å². The number of halogens is 1. The molecule has 0 radical (unpaired) electrons. The Hall–Kier alpha value is -4.23. The van der Waals surface area contributed by atoms with Crippen LogP contribution in [-0.2, 0) is 17.9 Å². The molecule has 1 aromatic carbocycles. The van der Waals surface area contributed by atoms with Crippen LogP contribution in [0.1, 0.15) is 59.0 Å². The zero-order valence-electron chi connectivity index (χ0n) is 22.0. The summed E-state index contributed by atoms with van der Waals surface area (Å²) in [4.78, 5) is 26.5. The number of carbonyl (C=O) groups is 1. The van der Waals surface area contributed by atoms with Gasteiger partial charge in [0.25, 0.3) is 0 Å². The first-order chi connectivity index (χ1) is 19.5. The highest BCUT2D eigenvalue weighted by atomic mass is 19.1.